The van der Waals surface area contributed by atoms with E-state index in [1.54, 1.807) is 0 Å². The fraction of sp³-hybridized carbons (Fsp3) is 0.800. The normalized spacial score (nSPS) is 37.7. The Morgan fingerprint density at radius 3 is 1.90 bits per heavy atom. The Morgan fingerprint density at radius 2 is 1.45 bits per heavy atom. The molecule has 0 unspecified atom stereocenters. The number of carbonyl (C=O) groups excluding carboxylic acids is 2. The number of aliphatic carboxylic acids is 1. The highest BCUT2D eigenvalue weighted by atomic mass is 16.6. The van der Waals surface area contributed by atoms with Crippen LogP contribution in [0.1, 0.15) is 51.4 Å². The Hall–Kier alpha value is -1.39. The van der Waals surface area contributed by atoms with Gasteiger partial charge < -0.3 is 9.84 Å². The molecule has 4 aliphatic carbocycles. The van der Waals surface area contributed by atoms with Gasteiger partial charge in [-0.1, -0.05) is 0 Å². The molecule has 0 saturated heterocycles. The van der Waals surface area contributed by atoms with Crippen molar-refractivity contribution in [3.8, 4) is 0 Å². The third-order valence-electron chi connectivity index (χ3n) is 5.11. The van der Waals surface area contributed by atoms with Crippen LogP contribution in [0.4, 0.5) is 0 Å². The van der Waals surface area contributed by atoms with Gasteiger partial charge in [0.05, 0.1) is 6.42 Å². The van der Waals surface area contributed by atoms with Crippen LogP contribution in [-0.2, 0) is 19.1 Å². The van der Waals surface area contributed by atoms with Crippen molar-refractivity contribution in [1.82, 2.24) is 0 Å². The van der Waals surface area contributed by atoms with Crippen molar-refractivity contribution < 1.29 is 24.2 Å². The van der Waals surface area contributed by atoms with Gasteiger partial charge in [-0.25, -0.2) is 4.79 Å². The van der Waals surface area contributed by atoms with Crippen LogP contribution in [-0.4, -0.2) is 28.4 Å². The van der Waals surface area contributed by atoms with E-state index in [0.29, 0.717) is 17.8 Å². The van der Waals surface area contributed by atoms with E-state index in [9.17, 15) is 14.4 Å². The molecule has 0 aromatic rings. The zero-order valence-electron chi connectivity index (χ0n) is 11.5. The number of rotatable bonds is 5. The van der Waals surface area contributed by atoms with E-state index in [1.807, 2.05) is 0 Å². The minimum Gasteiger partial charge on any atom is -0.476 e. The monoisotopic (exact) mass is 280 g/mol. The Morgan fingerprint density at radius 1 is 0.950 bits per heavy atom. The van der Waals surface area contributed by atoms with E-state index in [-0.39, 0.29) is 18.4 Å². The largest absolute Gasteiger partial charge is 0.476 e. The van der Waals surface area contributed by atoms with Gasteiger partial charge in [0.25, 0.3) is 0 Å². The predicted octanol–water partition coefficient (Wildman–Crippen LogP) is 1.93. The zero-order chi connectivity index (χ0) is 14.3. The second-order valence-corrected chi connectivity index (χ2v) is 6.80. The lowest BCUT2D eigenvalue weighted by atomic mass is 9.54. The minimum absolute atomic E-state index is 0.118. The molecule has 20 heavy (non-hydrogen) atoms. The number of ether oxygens (including phenoxy) is 1. The maximum atomic E-state index is 11.9. The Labute approximate surface area is 117 Å². The molecular weight excluding hydrogens is 260 g/mol. The van der Waals surface area contributed by atoms with Crippen molar-refractivity contribution in [2.24, 2.45) is 17.8 Å². The third-order valence-corrected chi connectivity index (χ3v) is 5.11. The van der Waals surface area contributed by atoms with E-state index in [2.05, 4.69) is 0 Å². The van der Waals surface area contributed by atoms with E-state index in [1.165, 1.54) is 19.3 Å². The third kappa shape index (κ3) is 2.58. The number of carbonyl (C=O) groups is 3. The van der Waals surface area contributed by atoms with Crippen molar-refractivity contribution in [3.63, 3.8) is 0 Å². The highest BCUT2D eigenvalue weighted by Crippen LogP contribution is 2.57. The van der Waals surface area contributed by atoms with Crippen LogP contribution in [0.25, 0.3) is 0 Å². The molecule has 110 valence electrons. The van der Waals surface area contributed by atoms with Gasteiger partial charge in [0.1, 0.15) is 5.60 Å². The highest BCUT2D eigenvalue weighted by molar-refractivity contribution is 6.32. The summed E-state index contributed by atoms with van der Waals surface area (Å²) in [6.45, 7) is 0. The molecule has 4 fully saturated rings. The fourth-order valence-electron chi connectivity index (χ4n) is 4.77. The molecule has 0 aromatic carbocycles. The lowest BCUT2D eigenvalue weighted by Crippen LogP contribution is -2.52. The Bertz CT molecular complexity index is 418. The average Bonchev–Trinajstić information content (AvgIpc) is 2.33. The molecule has 0 atom stereocenters. The van der Waals surface area contributed by atoms with Crippen LogP contribution < -0.4 is 0 Å². The van der Waals surface area contributed by atoms with Crippen molar-refractivity contribution in [2.45, 2.75) is 57.0 Å². The number of ketones is 1. The lowest BCUT2D eigenvalue weighted by Gasteiger charge is -2.55. The first-order chi connectivity index (χ1) is 9.46. The molecule has 0 aliphatic heterocycles. The molecule has 0 amide bonds. The van der Waals surface area contributed by atoms with E-state index < -0.39 is 17.7 Å². The average molecular weight is 280 g/mol. The summed E-state index contributed by atoms with van der Waals surface area (Å²) >= 11 is 0. The van der Waals surface area contributed by atoms with Crippen molar-refractivity contribution in [3.05, 3.63) is 0 Å². The standard InChI is InChI=1S/C15H20O5/c16-12(14(18)19)1-2-13(17)20-15-6-9-3-10(7-15)5-11(4-9)8-15/h9-11H,1-8H2,(H,18,19). The van der Waals surface area contributed by atoms with Crippen LogP contribution >= 0.6 is 0 Å². The van der Waals surface area contributed by atoms with E-state index in [0.717, 1.165) is 19.3 Å². The first-order valence-corrected chi connectivity index (χ1v) is 7.44. The second-order valence-electron chi connectivity index (χ2n) is 6.80. The maximum absolute atomic E-state index is 11.9. The number of hydrogen-bond acceptors (Lipinski definition) is 4. The molecule has 0 radical (unpaired) electrons. The molecule has 5 heteroatoms. The molecule has 4 rings (SSSR count). The molecule has 5 nitrogen and oxygen atoms in total. The summed E-state index contributed by atoms with van der Waals surface area (Å²) in [4.78, 5) is 33.3. The van der Waals surface area contributed by atoms with Crippen LogP contribution in [0.2, 0.25) is 0 Å². The summed E-state index contributed by atoms with van der Waals surface area (Å²) in [7, 11) is 0. The molecule has 4 aliphatic rings. The Balaban J connectivity index is 1.56. The van der Waals surface area contributed by atoms with Crippen LogP contribution in [0.3, 0.4) is 0 Å². The van der Waals surface area contributed by atoms with Gasteiger partial charge in [0.15, 0.2) is 0 Å². The van der Waals surface area contributed by atoms with Gasteiger partial charge >= 0.3 is 11.9 Å². The van der Waals surface area contributed by atoms with Gasteiger partial charge in [0, 0.05) is 6.42 Å². The number of carboxylic acids is 1. The van der Waals surface area contributed by atoms with Crippen molar-refractivity contribution in [2.75, 3.05) is 0 Å². The molecule has 4 saturated carbocycles. The maximum Gasteiger partial charge on any atom is 0.372 e. The summed E-state index contributed by atoms with van der Waals surface area (Å²) in [5, 5.41) is 8.50. The number of hydrogen-bond donors (Lipinski definition) is 1. The molecule has 4 bridgehead atoms. The van der Waals surface area contributed by atoms with Crippen LogP contribution in [0, 0.1) is 17.8 Å². The molecular formula is C15H20O5. The van der Waals surface area contributed by atoms with Crippen molar-refractivity contribution in [1.29, 1.82) is 0 Å². The number of carboxylic acid groups (broad SMARTS) is 1. The quantitative estimate of drug-likeness (QED) is 0.614. The molecule has 1 N–H and O–H groups in total. The summed E-state index contributed by atoms with van der Waals surface area (Å²) in [6, 6.07) is 0. The molecule has 0 spiro atoms. The minimum atomic E-state index is -1.48. The molecule has 0 heterocycles. The summed E-state index contributed by atoms with van der Waals surface area (Å²) < 4.78 is 5.70. The Kier molecular flexibility index (Phi) is 3.30. The van der Waals surface area contributed by atoms with Gasteiger partial charge in [-0.05, 0) is 56.3 Å². The number of Topliss-reactive ketones (excluding diaryl/α,β-unsaturated/α-hetero) is 1. The highest BCUT2D eigenvalue weighted by Gasteiger charge is 2.53. The van der Waals surface area contributed by atoms with Gasteiger partial charge in [-0.3, -0.25) is 9.59 Å². The first kappa shape index (κ1) is 13.6. The summed E-state index contributed by atoms with van der Waals surface area (Å²) in [5.74, 6) is -0.749. The SMILES string of the molecule is O=C(CCC(=O)C(=O)O)OC12CC3CC(CC(C3)C1)C2. The lowest BCUT2D eigenvalue weighted by molar-refractivity contribution is -0.186. The molecule has 0 aromatic heterocycles. The number of esters is 1. The van der Waals surface area contributed by atoms with Crippen LogP contribution in [0.15, 0.2) is 0 Å². The first-order valence-electron chi connectivity index (χ1n) is 7.44. The fourth-order valence-corrected chi connectivity index (χ4v) is 4.77. The topological polar surface area (TPSA) is 80.7 Å². The second kappa shape index (κ2) is 4.86. The van der Waals surface area contributed by atoms with Gasteiger partial charge in [-0.15, -0.1) is 0 Å². The smallest absolute Gasteiger partial charge is 0.372 e. The van der Waals surface area contributed by atoms with E-state index in [4.69, 9.17) is 9.84 Å². The van der Waals surface area contributed by atoms with E-state index >= 15 is 0 Å². The predicted molar refractivity (Wildman–Crippen MR) is 68.9 cm³/mol. The van der Waals surface area contributed by atoms with Gasteiger partial charge in [-0.2, -0.15) is 0 Å². The van der Waals surface area contributed by atoms with Gasteiger partial charge in [0.2, 0.25) is 5.78 Å². The van der Waals surface area contributed by atoms with Crippen molar-refractivity contribution >= 4 is 17.7 Å². The summed E-state index contributed by atoms with van der Waals surface area (Å²) in [5.41, 5.74) is -0.307. The summed E-state index contributed by atoms with van der Waals surface area (Å²) in [6.07, 6.45) is 6.30. The zero-order valence-corrected chi connectivity index (χ0v) is 11.5. The van der Waals surface area contributed by atoms with Crippen LogP contribution in [0.5, 0.6) is 0 Å².